The van der Waals surface area contributed by atoms with Gasteiger partial charge in [-0.15, -0.1) is 0 Å². The molecule has 2 N–H and O–H groups in total. The van der Waals surface area contributed by atoms with Crippen LogP contribution in [-0.4, -0.2) is 66.2 Å². The van der Waals surface area contributed by atoms with Crippen LogP contribution in [0.3, 0.4) is 0 Å². The molecule has 0 saturated carbocycles. The molecule has 1 aliphatic heterocycles. The van der Waals surface area contributed by atoms with Gasteiger partial charge in [0.2, 0.25) is 0 Å². The Bertz CT molecular complexity index is 524. The average Bonchev–Trinajstić information content (AvgIpc) is 2.51. The van der Waals surface area contributed by atoms with E-state index in [2.05, 4.69) is 17.1 Å². The van der Waals surface area contributed by atoms with Crippen LogP contribution in [0.5, 0.6) is 0 Å². The summed E-state index contributed by atoms with van der Waals surface area (Å²) in [7, 11) is 0. The molecular weight excluding hydrogens is 302 g/mol. The minimum atomic E-state index is 0.00829. The highest BCUT2D eigenvalue weighted by Gasteiger charge is 2.28. The molecule has 0 aromatic heterocycles. The number of β-amino-alcohol motifs (C(OH)–C–C–N with tert-alkyl or cyclic N) is 1. The lowest BCUT2D eigenvalue weighted by atomic mass is 10.1. The molecule has 1 aliphatic rings. The molecule has 0 spiro atoms. The van der Waals surface area contributed by atoms with Crippen molar-refractivity contribution in [1.82, 2.24) is 9.80 Å². The summed E-state index contributed by atoms with van der Waals surface area (Å²) in [6, 6.07) is 5.61. The van der Waals surface area contributed by atoms with Gasteiger partial charge in [-0.25, -0.2) is 0 Å². The van der Waals surface area contributed by atoms with Crippen molar-refractivity contribution in [3.05, 3.63) is 28.8 Å². The van der Waals surface area contributed by atoms with E-state index in [0.717, 1.165) is 18.8 Å². The number of piperazine rings is 1. The minimum absolute atomic E-state index is 0.00829. The molecule has 1 amide bonds. The Kier molecular flexibility index (Phi) is 6.06. The maximum absolute atomic E-state index is 12.8. The van der Waals surface area contributed by atoms with Crippen molar-refractivity contribution in [2.24, 2.45) is 0 Å². The normalized spacial score (nSPS) is 19.3. The number of benzene rings is 1. The standard InChI is InChI=1S/C16H24ClN3O2/c1-3-18-15-5-4-13(17)10-14(15)16(22)20-7-6-19(8-9-21)12(2)11-20/h4-5,10,12,18,21H,3,6-9,11H2,1-2H3. The number of halogens is 1. The van der Waals surface area contributed by atoms with Gasteiger partial charge >= 0.3 is 0 Å². The van der Waals surface area contributed by atoms with Crippen LogP contribution in [-0.2, 0) is 0 Å². The molecule has 1 heterocycles. The number of nitrogens with one attached hydrogen (secondary N) is 1. The quantitative estimate of drug-likeness (QED) is 0.868. The highest BCUT2D eigenvalue weighted by atomic mass is 35.5. The molecule has 22 heavy (non-hydrogen) atoms. The molecular formula is C16H24ClN3O2. The van der Waals surface area contributed by atoms with E-state index in [1.807, 2.05) is 17.9 Å². The first-order valence-corrected chi connectivity index (χ1v) is 8.12. The van der Waals surface area contributed by atoms with Crippen molar-refractivity contribution in [2.75, 3.05) is 44.6 Å². The van der Waals surface area contributed by atoms with Crippen LogP contribution in [0, 0.1) is 0 Å². The lowest BCUT2D eigenvalue weighted by molar-refractivity contribution is 0.0471. The largest absolute Gasteiger partial charge is 0.395 e. The lowest BCUT2D eigenvalue weighted by Gasteiger charge is -2.39. The molecule has 1 unspecified atom stereocenters. The fraction of sp³-hybridized carbons (Fsp3) is 0.562. The van der Waals surface area contributed by atoms with Gasteiger partial charge in [-0.05, 0) is 32.0 Å². The Hall–Kier alpha value is -1.30. The highest BCUT2D eigenvalue weighted by molar-refractivity contribution is 6.31. The number of rotatable bonds is 5. The van der Waals surface area contributed by atoms with E-state index in [9.17, 15) is 4.79 Å². The van der Waals surface area contributed by atoms with Gasteiger partial charge in [0.1, 0.15) is 0 Å². The van der Waals surface area contributed by atoms with Gasteiger partial charge < -0.3 is 15.3 Å². The number of aliphatic hydroxyl groups excluding tert-OH is 1. The topological polar surface area (TPSA) is 55.8 Å². The van der Waals surface area contributed by atoms with Crippen molar-refractivity contribution in [3.63, 3.8) is 0 Å². The maximum atomic E-state index is 12.8. The zero-order chi connectivity index (χ0) is 16.1. The van der Waals surface area contributed by atoms with E-state index in [4.69, 9.17) is 16.7 Å². The van der Waals surface area contributed by atoms with Crippen LogP contribution < -0.4 is 5.32 Å². The predicted octanol–water partition coefficient (Wildman–Crippen LogP) is 1.91. The van der Waals surface area contributed by atoms with Crippen molar-refractivity contribution in [3.8, 4) is 0 Å². The first-order chi connectivity index (χ1) is 10.6. The van der Waals surface area contributed by atoms with Crippen molar-refractivity contribution in [1.29, 1.82) is 0 Å². The lowest BCUT2D eigenvalue weighted by Crippen LogP contribution is -2.54. The number of hydrogen-bond acceptors (Lipinski definition) is 4. The molecule has 0 bridgehead atoms. The van der Waals surface area contributed by atoms with Gasteiger partial charge in [0.05, 0.1) is 12.2 Å². The second-order valence-corrected chi connectivity index (χ2v) is 6.02. The summed E-state index contributed by atoms with van der Waals surface area (Å²) in [5.74, 6) is 0.00829. The van der Waals surface area contributed by atoms with E-state index in [0.29, 0.717) is 30.2 Å². The Morgan fingerprint density at radius 2 is 2.23 bits per heavy atom. The monoisotopic (exact) mass is 325 g/mol. The van der Waals surface area contributed by atoms with Crippen LogP contribution in [0.2, 0.25) is 5.02 Å². The van der Waals surface area contributed by atoms with Gasteiger partial charge in [-0.1, -0.05) is 11.6 Å². The van der Waals surface area contributed by atoms with Crippen LogP contribution in [0.15, 0.2) is 18.2 Å². The zero-order valence-electron chi connectivity index (χ0n) is 13.2. The number of amides is 1. The predicted molar refractivity (Wildman–Crippen MR) is 89.6 cm³/mol. The number of aliphatic hydroxyl groups is 1. The molecule has 6 heteroatoms. The number of nitrogens with zero attached hydrogens (tertiary/aromatic N) is 2. The molecule has 1 aromatic carbocycles. The smallest absolute Gasteiger partial charge is 0.256 e. The van der Waals surface area contributed by atoms with E-state index < -0.39 is 0 Å². The molecule has 1 saturated heterocycles. The van der Waals surface area contributed by atoms with Gasteiger partial charge in [0.25, 0.3) is 5.91 Å². The second-order valence-electron chi connectivity index (χ2n) is 5.58. The minimum Gasteiger partial charge on any atom is -0.395 e. The fourth-order valence-electron chi connectivity index (χ4n) is 2.85. The number of hydrogen-bond donors (Lipinski definition) is 2. The van der Waals surface area contributed by atoms with Crippen LogP contribution in [0.25, 0.3) is 0 Å². The SMILES string of the molecule is CCNc1ccc(Cl)cc1C(=O)N1CCN(CCO)C(C)C1. The Labute approximate surface area is 136 Å². The number of carbonyl (C=O) groups is 1. The molecule has 2 rings (SSSR count). The summed E-state index contributed by atoms with van der Waals surface area (Å²) >= 11 is 6.06. The Morgan fingerprint density at radius 3 is 2.86 bits per heavy atom. The number of anilines is 1. The summed E-state index contributed by atoms with van der Waals surface area (Å²) in [4.78, 5) is 16.9. The van der Waals surface area contributed by atoms with Gasteiger partial charge in [-0.2, -0.15) is 0 Å². The van der Waals surface area contributed by atoms with E-state index in [-0.39, 0.29) is 18.6 Å². The highest BCUT2D eigenvalue weighted by Crippen LogP contribution is 2.23. The molecule has 5 nitrogen and oxygen atoms in total. The van der Waals surface area contributed by atoms with Gasteiger partial charge in [-0.3, -0.25) is 9.69 Å². The van der Waals surface area contributed by atoms with Crippen molar-refractivity contribution < 1.29 is 9.90 Å². The summed E-state index contributed by atoms with van der Waals surface area (Å²) < 4.78 is 0. The van der Waals surface area contributed by atoms with Crippen LogP contribution in [0.4, 0.5) is 5.69 Å². The van der Waals surface area contributed by atoms with Gasteiger partial charge in [0, 0.05) is 49.5 Å². The first-order valence-electron chi connectivity index (χ1n) is 7.74. The van der Waals surface area contributed by atoms with Gasteiger partial charge in [0.15, 0.2) is 0 Å². The molecule has 0 aliphatic carbocycles. The zero-order valence-corrected chi connectivity index (χ0v) is 13.9. The van der Waals surface area contributed by atoms with Crippen molar-refractivity contribution >= 4 is 23.2 Å². The molecule has 0 radical (unpaired) electrons. The Morgan fingerprint density at radius 1 is 1.45 bits per heavy atom. The molecule has 1 atom stereocenters. The summed E-state index contributed by atoms with van der Waals surface area (Å²) in [5, 5.41) is 12.9. The fourth-order valence-corrected chi connectivity index (χ4v) is 3.02. The summed E-state index contributed by atoms with van der Waals surface area (Å²) in [6.45, 7) is 7.75. The second kappa shape index (κ2) is 7.81. The summed E-state index contributed by atoms with van der Waals surface area (Å²) in [5.41, 5.74) is 1.44. The van der Waals surface area contributed by atoms with E-state index in [1.165, 1.54) is 0 Å². The molecule has 122 valence electrons. The summed E-state index contributed by atoms with van der Waals surface area (Å²) in [6.07, 6.45) is 0. The average molecular weight is 326 g/mol. The Balaban J connectivity index is 2.13. The number of carbonyl (C=O) groups excluding carboxylic acids is 1. The third kappa shape index (κ3) is 3.91. The van der Waals surface area contributed by atoms with Crippen molar-refractivity contribution in [2.45, 2.75) is 19.9 Å². The molecule has 1 fully saturated rings. The maximum Gasteiger partial charge on any atom is 0.256 e. The van der Waals surface area contributed by atoms with E-state index >= 15 is 0 Å². The third-order valence-corrected chi connectivity index (χ3v) is 4.25. The third-order valence-electron chi connectivity index (χ3n) is 4.02. The van der Waals surface area contributed by atoms with Crippen LogP contribution >= 0.6 is 11.6 Å². The molecule has 1 aromatic rings. The first kappa shape index (κ1) is 17.1. The van der Waals surface area contributed by atoms with Crippen LogP contribution in [0.1, 0.15) is 24.2 Å². The van der Waals surface area contributed by atoms with E-state index in [1.54, 1.807) is 12.1 Å².